The molecule has 0 fully saturated rings. The van der Waals surface area contributed by atoms with Crippen LogP contribution in [-0.4, -0.2) is 17.5 Å². The van der Waals surface area contributed by atoms with E-state index in [4.69, 9.17) is 10.5 Å². The molecule has 0 saturated heterocycles. The summed E-state index contributed by atoms with van der Waals surface area (Å²) in [5, 5.41) is 2.86. The number of halogens is 1. The number of amides is 1. The number of nitrogens with zero attached hydrogens (tertiary/aromatic N) is 1. The number of aromatic nitrogens is 1. The summed E-state index contributed by atoms with van der Waals surface area (Å²) < 4.78 is 5.55. The lowest BCUT2D eigenvalue weighted by molar-refractivity contribution is 0.102. The molecule has 0 bridgehead atoms. The minimum Gasteiger partial charge on any atom is -0.492 e. The second-order valence-corrected chi connectivity index (χ2v) is 4.63. The van der Waals surface area contributed by atoms with E-state index in [9.17, 15) is 4.79 Å². The lowest BCUT2D eigenvalue weighted by Crippen LogP contribution is -2.14. The average Bonchev–Trinajstić information content (AvgIpc) is 2.50. The van der Waals surface area contributed by atoms with Gasteiger partial charge in [0.2, 0.25) is 0 Å². The Morgan fingerprint density at radius 2 is 2.09 bits per heavy atom. The van der Waals surface area contributed by atoms with Gasteiger partial charge in [0.25, 0.3) is 5.91 Å². The molecule has 6 heteroatoms. The van der Waals surface area contributed by atoms with Crippen LogP contribution in [-0.2, 0) is 6.54 Å². The molecule has 0 aliphatic carbocycles. The summed E-state index contributed by atoms with van der Waals surface area (Å²) in [5.41, 5.74) is 8.46. The van der Waals surface area contributed by atoms with Crippen LogP contribution in [0.1, 0.15) is 28.5 Å². The summed E-state index contributed by atoms with van der Waals surface area (Å²) in [7, 11) is 0. The van der Waals surface area contributed by atoms with Gasteiger partial charge in [-0.1, -0.05) is 6.07 Å². The van der Waals surface area contributed by atoms with Crippen molar-refractivity contribution in [2.24, 2.45) is 5.73 Å². The number of carbonyl (C=O) groups excluding carboxylic acids is 1. The number of rotatable bonds is 5. The summed E-state index contributed by atoms with van der Waals surface area (Å²) >= 11 is 0. The van der Waals surface area contributed by atoms with Crippen LogP contribution in [0.25, 0.3) is 0 Å². The van der Waals surface area contributed by atoms with Crippen molar-refractivity contribution in [3.8, 4) is 5.75 Å². The highest BCUT2D eigenvalue weighted by molar-refractivity contribution is 6.05. The van der Waals surface area contributed by atoms with E-state index in [0.717, 1.165) is 5.56 Å². The Bertz CT molecular complexity index is 647. The first kappa shape index (κ1) is 17.9. The molecule has 1 aromatic heterocycles. The molecular weight excluding hydrogens is 302 g/mol. The number of pyridine rings is 1. The van der Waals surface area contributed by atoms with Gasteiger partial charge in [-0.05, 0) is 43.7 Å². The van der Waals surface area contributed by atoms with E-state index < -0.39 is 0 Å². The molecule has 5 nitrogen and oxygen atoms in total. The summed E-state index contributed by atoms with van der Waals surface area (Å²) in [5.74, 6) is 0.455. The fourth-order valence-electron chi connectivity index (χ4n) is 1.93. The number of hydrogen-bond acceptors (Lipinski definition) is 4. The predicted octanol–water partition coefficient (Wildman–Crippen LogP) is 2.92. The number of carbonyl (C=O) groups is 1. The van der Waals surface area contributed by atoms with E-state index in [2.05, 4.69) is 10.3 Å². The minimum atomic E-state index is -0.211. The Balaban J connectivity index is 0.00000242. The van der Waals surface area contributed by atoms with Crippen LogP contribution >= 0.6 is 12.4 Å². The quantitative estimate of drug-likeness (QED) is 0.887. The second-order valence-electron chi connectivity index (χ2n) is 4.63. The van der Waals surface area contributed by atoms with E-state index in [0.29, 0.717) is 35.8 Å². The maximum atomic E-state index is 12.3. The number of hydrogen-bond donors (Lipinski definition) is 2. The summed E-state index contributed by atoms with van der Waals surface area (Å²) in [6.45, 7) is 4.73. The van der Waals surface area contributed by atoms with Crippen LogP contribution < -0.4 is 15.8 Å². The molecular formula is C16H20ClN3O2. The number of benzene rings is 1. The molecule has 0 unspecified atom stereocenters. The van der Waals surface area contributed by atoms with E-state index in [1.807, 2.05) is 32.0 Å². The Labute approximate surface area is 136 Å². The molecule has 1 aromatic carbocycles. The first-order valence-corrected chi connectivity index (χ1v) is 6.84. The van der Waals surface area contributed by atoms with Gasteiger partial charge < -0.3 is 15.8 Å². The third-order valence-electron chi connectivity index (χ3n) is 2.97. The van der Waals surface area contributed by atoms with Crippen molar-refractivity contribution in [2.45, 2.75) is 20.4 Å². The molecule has 1 amide bonds. The Hall–Kier alpha value is -2.11. The molecule has 0 radical (unpaired) electrons. The molecule has 0 saturated carbocycles. The molecule has 22 heavy (non-hydrogen) atoms. The normalized spacial score (nSPS) is 9.77. The van der Waals surface area contributed by atoms with Crippen LogP contribution in [0.3, 0.4) is 0 Å². The highest BCUT2D eigenvalue weighted by atomic mass is 35.5. The van der Waals surface area contributed by atoms with Gasteiger partial charge in [0.15, 0.2) is 0 Å². The van der Waals surface area contributed by atoms with E-state index >= 15 is 0 Å². The second kappa shape index (κ2) is 8.36. The highest BCUT2D eigenvalue weighted by Crippen LogP contribution is 2.26. The predicted molar refractivity (Wildman–Crippen MR) is 89.7 cm³/mol. The Morgan fingerprint density at radius 3 is 2.77 bits per heavy atom. The fourth-order valence-corrected chi connectivity index (χ4v) is 1.93. The Morgan fingerprint density at radius 1 is 1.32 bits per heavy atom. The SMILES string of the molecule is CCOc1cc(C)ccc1NC(=O)c1ccnc(CN)c1.Cl. The summed E-state index contributed by atoms with van der Waals surface area (Å²) in [6, 6.07) is 9.00. The molecule has 2 rings (SSSR count). The van der Waals surface area contributed by atoms with Crippen molar-refractivity contribution < 1.29 is 9.53 Å². The van der Waals surface area contributed by atoms with Crippen LogP contribution in [0.2, 0.25) is 0 Å². The average molecular weight is 322 g/mol. The summed E-state index contributed by atoms with van der Waals surface area (Å²) in [6.07, 6.45) is 1.58. The topological polar surface area (TPSA) is 77.2 Å². The number of aryl methyl sites for hydroxylation is 1. The van der Waals surface area contributed by atoms with Gasteiger partial charge in [0.05, 0.1) is 18.0 Å². The molecule has 3 N–H and O–H groups in total. The summed E-state index contributed by atoms with van der Waals surface area (Å²) in [4.78, 5) is 16.4. The molecule has 2 aromatic rings. The van der Waals surface area contributed by atoms with Crippen molar-refractivity contribution in [3.63, 3.8) is 0 Å². The van der Waals surface area contributed by atoms with Crippen LogP contribution in [0.5, 0.6) is 5.75 Å². The Kier molecular flexibility index (Phi) is 6.82. The van der Waals surface area contributed by atoms with Gasteiger partial charge in [-0.15, -0.1) is 12.4 Å². The van der Waals surface area contributed by atoms with Gasteiger partial charge in [0, 0.05) is 18.3 Å². The minimum absolute atomic E-state index is 0. The molecule has 0 atom stereocenters. The van der Waals surface area contributed by atoms with Crippen molar-refractivity contribution in [1.29, 1.82) is 0 Å². The van der Waals surface area contributed by atoms with Crippen molar-refractivity contribution >= 4 is 24.0 Å². The maximum absolute atomic E-state index is 12.3. The molecule has 0 aliphatic rings. The van der Waals surface area contributed by atoms with Crippen molar-refractivity contribution in [2.75, 3.05) is 11.9 Å². The highest BCUT2D eigenvalue weighted by Gasteiger charge is 2.11. The number of ether oxygens (including phenoxy) is 1. The fraction of sp³-hybridized carbons (Fsp3) is 0.250. The molecule has 1 heterocycles. The van der Waals surface area contributed by atoms with Crippen LogP contribution in [0, 0.1) is 6.92 Å². The van der Waals surface area contributed by atoms with Crippen molar-refractivity contribution in [3.05, 3.63) is 53.3 Å². The van der Waals surface area contributed by atoms with Gasteiger partial charge in [-0.2, -0.15) is 0 Å². The number of nitrogens with two attached hydrogens (primary N) is 1. The number of nitrogens with one attached hydrogen (secondary N) is 1. The maximum Gasteiger partial charge on any atom is 0.255 e. The molecule has 0 aliphatic heterocycles. The van der Waals surface area contributed by atoms with E-state index in [1.165, 1.54) is 0 Å². The first-order chi connectivity index (χ1) is 10.1. The largest absolute Gasteiger partial charge is 0.492 e. The molecule has 0 spiro atoms. The van der Waals surface area contributed by atoms with Gasteiger partial charge >= 0.3 is 0 Å². The standard InChI is InChI=1S/C16H19N3O2.ClH/c1-3-21-15-8-11(2)4-5-14(15)19-16(20)12-6-7-18-13(9-12)10-17;/h4-9H,3,10,17H2,1-2H3,(H,19,20);1H. The molecule has 118 valence electrons. The van der Waals surface area contributed by atoms with Gasteiger partial charge in [0.1, 0.15) is 5.75 Å². The number of anilines is 1. The van der Waals surface area contributed by atoms with Crippen LogP contribution in [0.15, 0.2) is 36.5 Å². The van der Waals surface area contributed by atoms with E-state index in [1.54, 1.807) is 18.3 Å². The van der Waals surface area contributed by atoms with Gasteiger partial charge in [-0.3, -0.25) is 9.78 Å². The zero-order chi connectivity index (χ0) is 15.2. The lowest BCUT2D eigenvalue weighted by Gasteiger charge is -2.12. The third-order valence-corrected chi connectivity index (χ3v) is 2.97. The monoisotopic (exact) mass is 321 g/mol. The first-order valence-electron chi connectivity index (χ1n) is 6.84. The smallest absolute Gasteiger partial charge is 0.255 e. The van der Waals surface area contributed by atoms with Gasteiger partial charge in [-0.25, -0.2) is 0 Å². The zero-order valence-electron chi connectivity index (χ0n) is 12.6. The lowest BCUT2D eigenvalue weighted by atomic mass is 10.2. The zero-order valence-corrected chi connectivity index (χ0v) is 13.4. The van der Waals surface area contributed by atoms with Crippen molar-refractivity contribution in [1.82, 2.24) is 4.98 Å². The van der Waals surface area contributed by atoms with Crippen LogP contribution in [0.4, 0.5) is 5.69 Å². The van der Waals surface area contributed by atoms with E-state index in [-0.39, 0.29) is 18.3 Å². The third kappa shape index (κ3) is 4.44.